The van der Waals surface area contributed by atoms with Crippen LogP contribution >= 0.6 is 0 Å². The molecular weight excluding hydrogens is 552 g/mol. The minimum absolute atomic E-state index is 0.635. The van der Waals surface area contributed by atoms with E-state index in [1.54, 1.807) is 0 Å². The van der Waals surface area contributed by atoms with E-state index in [9.17, 15) is 59.5 Å². The Bertz CT molecular complexity index is 861. The summed E-state index contributed by atoms with van der Waals surface area (Å²) in [6, 6.07) is 0. The van der Waals surface area contributed by atoms with E-state index < -0.39 is 122 Å². The lowest BCUT2D eigenvalue weighted by molar-refractivity contribution is -0.340. The van der Waals surface area contributed by atoms with Gasteiger partial charge in [-0.25, -0.2) is 4.18 Å². The third-order valence-electron chi connectivity index (χ3n) is 6.25. The molecule has 0 aromatic rings. The Hall–Kier alpha value is -0.730. The van der Waals surface area contributed by atoms with Gasteiger partial charge in [-0.2, -0.15) is 8.42 Å². The van der Waals surface area contributed by atoms with Crippen LogP contribution in [0.3, 0.4) is 0 Å². The Kier molecular flexibility index (Phi) is 10.7. The van der Waals surface area contributed by atoms with Crippen LogP contribution in [0, 0.1) is 0 Å². The van der Waals surface area contributed by atoms with Crippen LogP contribution in [-0.2, 0) is 38.3 Å². The summed E-state index contributed by atoms with van der Waals surface area (Å²) < 4.78 is 60.4. The van der Waals surface area contributed by atoms with Crippen LogP contribution in [0.2, 0.25) is 0 Å². The lowest BCUT2D eigenvalue weighted by atomic mass is 9.98. The molecule has 0 bridgehead atoms. The van der Waals surface area contributed by atoms with Crippen LogP contribution in [0.4, 0.5) is 0 Å². The lowest BCUT2D eigenvalue weighted by Crippen LogP contribution is -2.62. The van der Waals surface area contributed by atoms with Crippen LogP contribution in [0.1, 0.15) is 0 Å². The van der Waals surface area contributed by atoms with Gasteiger partial charge >= 0.3 is 10.4 Å². The summed E-state index contributed by atoms with van der Waals surface area (Å²) in [5, 5.41) is 99.6. The molecule has 38 heavy (non-hydrogen) atoms. The summed E-state index contributed by atoms with van der Waals surface area (Å²) in [5.41, 5.74) is 0. The number of rotatable bonds is 9. The molecule has 0 aromatic carbocycles. The molecule has 20 heteroatoms. The first-order valence-corrected chi connectivity index (χ1v) is 12.6. The highest BCUT2D eigenvalue weighted by atomic mass is 32.3. The van der Waals surface area contributed by atoms with Gasteiger partial charge in [0.2, 0.25) is 0 Å². The van der Waals surface area contributed by atoms with Crippen molar-refractivity contribution in [2.24, 2.45) is 0 Å². The predicted molar refractivity (Wildman–Crippen MR) is 112 cm³/mol. The van der Waals surface area contributed by atoms with Crippen LogP contribution < -0.4 is 0 Å². The lowest BCUT2D eigenvalue weighted by Gasteiger charge is -2.43. The first kappa shape index (κ1) is 31.8. The maximum atomic E-state index is 10.8. The van der Waals surface area contributed by atoms with Crippen molar-refractivity contribution in [2.75, 3.05) is 19.8 Å². The Balaban J connectivity index is 1.59. The second-order valence-electron chi connectivity index (χ2n) is 8.95. The maximum absolute atomic E-state index is 10.8. The van der Waals surface area contributed by atoms with Gasteiger partial charge in [-0.05, 0) is 0 Å². The van der Waals surface area contributed by atoms with Gasteiger partial charge in [0, 0.05) is 0 Å². The molecule has 3 aliphatic rings. The van der Waals surface area contributed by atoms with Crippen molar-refractivity contribution in [3.05, 3.63) is 0 Å². The standard InChI is InChI=1S/C18H32O19S/c19-7-4(35-16(28)13(25)10(7)22)1-32-17-14(26)11(23)8(20)5(36-17)2-33-18-15(27)12(24)9(21)6(37-18)3-34-38(29,30)31/h4-28H,1-3H2,(H,29,30,31)/t4-,5-,6-,7-,8-,9-,10+,11+,12+,13-,14-,15-,16+,17+,18+/m1/s1. The predicted octanol–water partition coefficient (Wildman–Crippen LogP) is -7.75. The van der Waals surface area contributed by atoms with Crippen molar-refractivity contribution < 1.29 is 91.9 Å². The molecule has 3 rings (SSSR count). The topological polar surface area (TPSA) is 312 Å². The fourth-order valence-corrected chi connectivity index (χ4v) is 4.29. The van der Waals surface area contributed by atoms with Crippen molar-refractivity contribution in [1.82, 2.24) is 0 Å². The Morgan fingerprint density at radius 3 is 1.29 bits per heavy atom. The van der Waals surface area contributed by atoms with E-state index in [1.807, 2.05) is 0 Å². The molecule has 3 aliphatic heterocycles. The smallest absolute Gasteiger partial charge is 0.387 e. The molecule has 19 nitrogen and oxygen atoms in total. The highest BCUT2D eigenvalue weighted by molar-refractivity contribution is 7.80. The van der Waals surface area contributed by atoms with Gasteiger partial charge in [-0.1, -0.05) is 0 Å². The zero-order valence-electron chi connectivity index (χ0n) is 19.4. The monoisotopic (exact) mass is 584 g/mol. The molecule has 0 radical (unpaired) electrons. The number of aliphatic hydroxyl groups is 10. The van der Waals surface area contributed by atoms with Crippen molar-refractivity contribution in [3.8, 4) is 0 Å². The van der Waals surface area contributed by atoms with E-state index >= 15 is 0 Å². The van der Waals surface area contributed by atoms with Crippen molar-refractivity contribution in [1.29, 1.82) is 0 Å². The van der Waals surface area contributed by atoms with Gasteiger partial charge in [0.05, 0.1) is 19.8 Å². The fraction of sp³-hybridized carbons (Fsp3) is 1.00. The molecule has 0 amide bonds. The van der Waals surface area contributed by atoms with Crippen LogP contribution in [0.5, 0.6) is 0 Å². The Morgan fingerprint density at radius 1 is 0.500 bits per heavy atom. The molecule has 0 unspecified atom stereocenters. The minimum Gasteiger partial charge on any atom is -0.387 e. The molecule has 0 aromatic heterocycles. The fourth-order valence-electron chi connectivity index (χ4n) is 3.98. The van der Waals surface area contributed by atoms with E-state index in [1.165, 1.54) is 0 Å². The molecule has 3 heterocycles. The molecular formula is C18H32O19S. The van der Waals surface area contributed by atoms with E-state index in [2.05, 4.69) is 4.18 Å². The average Bonchev–Trinajstić information content (AvgIpc) is 2.86. The first-order chi connectivity index (χ1) is 17.6. The Labute approximate surface area is 214 Å². The summed E-state index contributed by atoms with van der Waals surface area (Å²) in [5.74, 6) is 0. The van der Waals surface area contributed by atoms with Gasteiger partial charge in [0.25, 0.3) is 0 Å². The molecule has 224 valence electrons. The zero-order valence-corrected chi connectivity index (χ0v) is 20.2. The number of hydrogen-bond acceptors (Lipinski definition) is 18. The van der Waals surface area contributed by atoms with Crippen molar-refractivity contribution >= 4 is 10.4 Å². The summed E-state index contributed by atoms with van der Waals surface area (Å²) >= 11 is 0. The second-order valence-corrected chi connectivity index (χ2v) is 10.0. The van der Waals surface area contributed by atoms with Gasteiger partial charge < -0.3 is 74.7 Å². The summed E-state index contributed by atoms with van der Waals surface area (Å²) in [7, 11) is -4.93. The van der Waals surface area contributed by atoms with E-state index in [0.717, 1.165) is 0 Å². The van der Waals surface area contributed by atoms with Gasteiger partial charge in [-0.15, -0.1) is 0 Å². The molecule has 0 saturated carbocycles. The quantitative estimate of drug-likeness (QED) is 0.112. The van der Waals surface area contributed by atoms with Crippen molar-refractivity contribution in [3.63, 3.8) is 0 Å². The Morgan fingerprint density at radius 2 is 0.868 bits per heavy atom. The largest absolute Gasteiger partial charge is 0.397 e. The highest BCUT2D eigenvalue weighted by Gasteiger charge is 2.49. The van der Waals surface area contributed by atoms with E-state index in [0.29, 0.717) is 0 Å². The number of aliphatic hydroxyl groups excluding tert-OH is 10. The minimum atomic E-state index is -4.93. The molecule has 11 N–H and O–H groups in total. The zero-order chi connectivity index (χ0) is 28.5. The molecule has 0 spiro atoms. The third-order valence-corrected chi connectivity index (χ3v) is 6.69. The van der Waals surface area contributed by atoms with E-state index in [4.69, 9.17) is 28.2 Å². The molecule has 0 aliphatic carbocycles. The van der Waals surface area contributed by atoms with Gasteiger partial charge in [0.1, 0.15) is 73.2 Å². The number of hydrogen-bond donors (Lipinski definition) is 11. The summed E-state index contributed by atoms with van der Waals surface area (Å²) in [4.78, 5) is 0. The van der Waals surface area contributed by atoms with Gasteiger partial charge in [-0.3, -0.25) is 4.55 Å². The van der Waals surface area contributed by atoms with Gasteiger partial charge in [0.15, 0.2) is 18.9 Å². The highest BCUT2D eigenvalue weighted by Crippen LogP contribution is 2.27. The van der Waals surface area contributed by atoms with Crippen LogP contribution in [0.15, 0.2) is 0 Å². The normalized spacial score (nSPS) is 48.7. The van der Waals surface area contributed by atoms with Crippen LogP contribution in [-0.4, -0.2) is 176 Å². The summed E-state index contributed by atoms with van der Waals surface area (Å²) in [6.45, 7) is -2.31. The first-order valence-electron chi connectivity index (χ1n) is 11.2. The third kappa shape index (κ3) is 7.31. The SMILES string of the molecule is O=S(=O)(O)OC[C@H]1O[C@H](OC[C@H]2O[C@H](OC[C@H]3O[C@H](O)[C@H](O)[C@@H](O)[C@@H]3O)[C@H](O)[C@@H](O)[C@@H]2O)[C@H](O)[C@@H](O)[C@@H]1O. The molecule has 3 saturated heterocycles. The molecule has 15 atom stereocenters. The number of ether oxygens (including phenoxy) is 5. The average molecular weight is 585 g/mol. The summed E-state index contributed by atoms with van der Waals surface area (Å²) in [6.07, 6.45) is -26.3. The maximum Gasteiger partial charge on any atom is 0.397 e. The molecule has 3 fully saturated rings. The second kappa shape index (κ2) is 12.8. The van der Waals surface area contributed by atoms with Crippen LogP contribution in [0.25, 0.3) is 0 Å². The van der Waals surface area contributed by atoms with E-state index in [-0.39, 0.29) is 0 Å². The van der Waals surface area contributed by atoms with Crippen molar-refractivity contribution in [2.45, 2.75) is 92.1 Å².